The molecule has 0 radical (unpaired) electrons. The molecule has 1 saturated heterocycles. The van der Waals surface area contributed by atoms with Crippen LogP contribution in [0, 0.1) is 6.92 Å². The largest absolute Gasteiger partial charge is 0.355 e. The van der Waals surface area contributed by atoms with E-state index in [9.17, 15) is 4.79 Å². The summed E-state index contributed by atoms with van der Waals surface area (Å²) in [5.41, 5.74) is 4.99. The van der Waals surface area contributed by atoms with Gasteiger partial charge in [-0.05, 0) is 50.4 Å². The summed E-state index contributed by atoms with van der Waals surface area (Å²) in [4.78, 5) is 15.3. The number of amides is 1. The number of carbonyl (C=O) groups excluding carboxylic acids is 1. The van der Waals surface area contributed by atoms with Crippen LogP contribution in [0.4, 0.5) is 0 Å². The summed E-state index contributed by atoms with van der Waals surface area (Å²) >= 11 is 0. The second-order valence-corrected chi connectivity index (χ2v) is 8.36. The molecule has 1 aromatic heterocycles. The van der Waals surface area contributed by atoms with Gasteiger partial charge in [-0.2, -0.15) is 0 Å². The third-order valence-corrected chi connectivity index (χ3v) is 6.14. The number of nitrogens with one attached hydrogen (secondary N) is 1. The van der Waals surface area contributed by atoms with Crippen LogP contribution in [0.5, 0.6) is 0 Å². The molecule has 4 rings (SSSR count). The number of carbonyl (C=O) groups is 1. The lowest BCUT2D eigenvalue weighted by atomic mass is 9.99. The van der Waals surface area contributed by atoms with E-state index in [0.717, 1.165) is 25.1 Å². The fourth-order valence-electron chi connectivity index (χ4n) is 4.18. The Morgan fingerprint density at radius 3 is 2.45 bits per heavy atom. The third-order valence-electron chi connectivity index (χ3n) is 6.14. The number of piperidine rings is 1. The maximum Gasteiger partial charge on any atom is 0.273 e. The summed E-state index contributed by atoms with van der Waals surface area (Å²) in [6.45, 7) is 6.89. The highest BCUT2D eigenvalue weighted by Gasteiger charge is 2.24. The van der Waals surface area contributed by atoms with E-state index in [1.54, 1.807) is 6.07 Å². The van der Waals surface area contributed by atoms with Crippen LogP contribution in [0.1, 0.15) is 59.4 Å². The maximum absolute atomic E-state index is 12.8. The average molecular weight is 418 g/mol. The molecule has 0 aliphatic carbocycles. The van der Waals surface area contributed by atoms with Gasteiger partial charge in [-0.1, -0.05) is 72.6 Å². The molecule has 31 heavy (non-hydrogen) atoms. The van der Waals surface area contributed by atoms with E-state index in [1.165, 1.54) is 36.0 Å². The van der Waals surface area contributed by atoms with Crippen LogP contribution in [0.2, 0.25) is 0 Å². The number of hydrogen-bond donors (Lipinski definition) is 1. The van der Waals surface area contributed by atoms with Crippen molar-refractivity contribution in [1.29, 1.82) is 0 Å². The first kappa shape index (κ1) is 21.3. The predicted octanol–water partition coefficient (Wildman–Crippen LogP) is 5.17. The van der Waals surface area contributed by atoms with Crippen molar-refractivity contribution in [3.05, 3.63) is 77.0 Å². The van der Waals surface area contributed by atoms with Gasteiger partial charge in [0.25, 0.3) is 5.91 Å². The maximum atomic E-state index is 12.8. The molecule has 0 spiro atoms. The number of benzene rings is 2. The Morgan fingerprint density at radius 1 is 1.06 bits per heavy atom. The molecular formula is C26H31N3O2. The van der Waals surface area contributed by atoms with Crippen molar-refractivity contribution in [1.82, 2.24) is 15.4 Å². The summed E-state index contributed by atoms with van der Waals surface area (Å²) in [5.74, 6) is 0.405. The summed E-state index contributed by atoms with van der Waals surface area (Å²) in [7, 11) is 0. The van der Waals surface area contributed by atoms with Gasteiger partial charge in [-0.15, -0.1) is 0 Å². The molecule has 1 aliphatic heterocycles. The average Bonchev–Trinajstić information content (AvgIpc) is 3.31. The number of aryl methyl sites for hydroxylation is 2. The van der Waals surface area contributed by atoms with Crippen molar-refractivity contribution in [2.45, 2.75) is 45.6 Å². The van der Waals surface area contributed by atoms with Gasteiger partial charge in [0.15, 0.2) is 11.5 Å². The first-order valence-corrected chi connectivity index (χ1v) is 11.3. The minimum absolute atomic E-state index is 0.165. The van der Waals surface area contributed by atoms with Gasteiger partial charge < -0.3 is 9.84 Å². The minimum Gasteiger partial charge on any atom is -0.355 e. The summed E-state index contributed by atoms with van der Waals surface area (Å²) in [5, 5.41) is 7.09. The molecule has 2 aromatic carbocycles. The van der Waals surface area contributed by atoms with E-state index in [0.29, 0.717) is 18.0 Å². The lowest BCUT2D eigenvalue weighted by Crippen LogP contribution is -2.40. The van der Waals surface area contributed by atoms with Crippen LogP contribution < -0.4 is 5.32 Å². The lowest BCUT2D eigenvalue weighted by Gasteiger charge is -2.35. The van der Waals surface area contributed by atoms with Crippen molar-refractivity contribution < 1.29 is 9.32 Å². The molecule has 1 aliphatic rings. The van der Waals surface area contributed by atoms with Gasteiger partial charge in [0.2, 0.25) is 0 Å². The van der Waals surface area contributed by atoms with Gasteiger partial charge in [-0.25, -0.2) is 0 Å². The molecule has 1 N–H and O–H groups in total. The van der Waals surface area contributed by atoms with Crippen LogP contribution in [-0.2, 0) is 6.42 Å². The Bertz CT molecular complexity index is 986. The Kier molecular flexibility index (Phi) is 6.82. The van der Waals surface area contributed by atoms with E-state index in [1.807, 2.05) is 31.2 Å². The van der Waals surface area contributed by atoms with E-state index >= 15 is 0 Å². The molecular weight excluding hydrogens is 386 g/mol. The summed E-state index contributed by atoms with van der Waals surface area (Å²) in [6.07, 6.45) is 4.73. The van der Waals surface area contributed by atoms with Gasteiger partial charge in [0, 0.05) is 18.2 Å². The zero-order valence-corrected chi connectivity index (χ0v) is 18.4. The van der Waals surface area contributed by atoms with Crippen molar-refractivity contribution in [3.63, 3.8) is 0 Å². The standard InChI is InChI=1S/C26H31N3O2/c1-3-20-9-13-21(14-10-20)24(29-15-5-4-6-16-29)18-27-26(30)23-17-25(31-28-23)22-11-7-19(2)8-12-22/h7-14,17,24H,3-6,15-16,18H2,1-2H3,(H,27,30). The molecule has 5 heteroatoms. The molecule has 1 fully saturated rings. The van der Waals surface area contributed by atoms with E-state index < -0.39 is 0 Å². The van der Waals surface area contributed by atoms with Gasteiger partial charge in [0.1, 0.15) is 0 Å². The fourth-order valence-corrected chi connectivity index (χ4v) is 4.18. The second kappa shape index (κ2) is 9.92. The quantitative estimate of drug-likeness (QED) is 0.576. The van der Waals surface area contributed by atoms with Crippen LogP contribution in [0.25, 0.3) is 11.3 Å². The Hall–Kier alpha value is -2.92. The molecule has 162 valence electrons. The number of rotatable bonds is 7. The minimum atomic E-state index is -0.200. The van der Waals surface area contributed by atoms with Crippen LogP contribution >= 0.6 is 0 Å². The first-order valence-electron chi connectivity index (χ1n) is 11.3. The molecule has 3 aromatic rings. The second-order valence-electron chi connectivity index (χ2n) is 8.36. The number of hydrogen-bond acceptors (Lipinski definition) is 4. The SMILES string of the molecule is CCc1ccc(C(CNC(=O)c2cc(-c3ccc(C)cc3)on2)N2CCCCC2)cc1. The summed E-state index contributed by atoms with van der Waals surface area (Å²) < 4.78 is 5.42. The van der Waals surface area contributed by atoms with E-state index in [2.05, 4.69) is 46.6 Å². The fraction of sp³-hybridized carbons (Fsp3) is 0.385. The van der Waals surface area contributed by atoms with Crippen LogP contribution in [-0.4, -0.2) is 35.6 Å². The van der Waals surface area contributed by atoms with Crippen molar-refractivity contribution in [2.75, 3.05) is 19.6 Å². The number of nitrogens with zero attached hydrogens (tertiary/aromatic N) is 2. The van der Waals surface area contributed by atoms with Crippen molar-refractivity contribution in [3.8, 4) is 11.3 Å². The molecule has 1 unspecified atom stereocenters. The van der Waals surface area contributed by atoms with Crippen LogP contribution in [0.15, 0.2) is 59.1 Å². The number of likely N-dealkylation sites (tertiary alicyclic amines) is 1. The lowest BCUT2D eigenvalue weighted by molar-refractivity contribution is 0.0915. The molecule has 1 amide bonds. The predicted molar refractivity (Wildman–Crippen MR) is 123 cm³/mol. The first-order chi connectivity index (χ1) is 15.1. The van der Waals surface area contributed by atoms with Crippen molar-refractivity contribution in [2.24, 2.45) is 0 Å². The normalized spacial score (nSPS) is 15.5. The zero-order chi connectivity index (χ0) is 21.6. The van der Waals surface area contributed by atoms with Gasteiger partial charge in [-0.3, -0.25) is 9.69 Å². The Morgan fingerprint density at radius 2 is 1.77 bits per heavy atom. The smallest absolute Gasteiger partial charge is 0.273 e. The van der Waals surface area contributed by atoms with E-state index in [-0.39, 0.29) is 11.9 Å². The highest BCUT2D eigenvalue weighted by atomic mass is 16.5. The zero-order valence-electron chi connectivity index (χ0n) is 18.4. The molecule has 5 nitrogen and oxygen atoms in total. The highest BCUT2D eigenvalue weighted by molar-refractivity contribution is 5.93. The third kappa shape index (κ3) is 5.23. The topological polar surface area (TPSA) is 58.4 Å². The Labute approximate surface area is 184 Å². The van der Waals surface area contributed by atoms with Gasteiger partial charge in [0.05, 0.1) is 6.04 Å². The van der Waals surface area contributed by atoms with Crippen molar-refractivity contribution >= 4 is 5.91 Å². The molecule has 2 heterocycles. The molecule has 0 bridgehead atoms. The monoisotopic (exact) mass is 417 g/mol. The van der Waals surface area contributed by atoms with Crippen LogP contribution in [0.3, 0.4) is 0 Å². The molecule has 1 atom stereocenters. The Balaban J connectivity index is 1.46. The summed E-state index contributed by atoms with van der Waals surface area (Å²) in [6, 6.07) is 18.7. The number of aromatic nitrogens is 1. The molecule has 0 saturated carbocycles. The highest BCUT2D eigenvalue weighted by Crippen LogP contribution is 2.25. The van der Waals surface area contributed by atoms with E-state index in [4.69, 9.17) is 4.52 Å². The van der Waals surface area contributed by atoms with Gasteiger partial charge >= 0.3 is 0 Å².